The number of thiophene rings is 1. The van der Waals surface area contributed by atoms with Crippen LogP contribution in [0.3, 0.4) is 0 Å². The summed E-state index contributed by atoms with van der Waals surface area (Å²) in [7, 11) is 0. The highest BCUT2D eigenvalue weighted by molar-refractivity contribution is 7.17. The summed E-state index contributed by atoms with van der Waals surface area (Å²) in [6.07, 6.45) is 5.17. The number of hydrogen-bond acceptors (Lipinski definition) is 6. The Balaban J connectivity index is 1.53. The first kappa shape index (κ1) is 25.5. The number of nitriles is 1. The van der Waals surface area contributed by atoms with Crippen molar-refractivity contribution in [1.29, 1.82) is 5.26 Å². The molecule has 1 aromatic heterocycles. The van der Waals surface area contributed by atoms with Crippen molar-refractivity contribution in [3.8, 4) is 11.8 Å². The third kappa shape index (κ3) is 5.96. The first-order valence-electron chi connectivity index (χ1n) is 11.7. The van der Waals surface area contributed by atoms with Gasteiger partial charge in [-0.2, -0.15) is 5.26 Å². The minimum atomic E-state index is -0.580. The summed E-state index contributed by atoms with van der Waals surface area (Å²) in [4.78, 5) is 26.8. The van der Waals surface area contributed by atoms with E-state index < -0.39 is 11.9 Å². The number of fused-ring (bicyclic) bond motifs is 1. The van der Waals surface area contributed by atoms with Crippen LogP contribution in [0.15, 0.2) is 54.1 Å². The standard InChI is InChI=1S/C28H25ClN2O4S/c1-2-34-28(33)25-22-11-4-6-13-24(22)36-27(25)31-26(32)20(16-30)14-18-8-7-10-21(15-18)35-17-19-9-3-5-12-23(19)29/h3,5,7-10,12,14-15H,2,4,6,11,13,17H2,1H3,(H,31,32)/b20-14+. The molecular formula is C28H25ClN2O4S. The second kappa shape index (κ2) is 11.9. The third-order valence-electron chi connectivity index (χ3n) is 5.76. The van der Waals surface area contributed by atoms with E-state index >= 15 is 0 Å². The zero-order chi connectivity index (χ0) is 25.5. The normalized spacial score (nSPS) is 12.9. The smallest absolute Gasteiger partial charge is 0.341 e. The number of ether oxygens (including phenoxy) is 2. The second-order valence-corrected chi connectivity index (χ2v) is 9.72. The van der Waals surface area contributed by atoms with E-state index in [1.165, 1.54) is 17.4 Å². The van der Waals surface area contributed by atoms with Crippen LogP contribution in [0.2, 0.25) is 5.02 Å². The summed E-state index contributed by atoms with van der Waals surface area (Å²) in [6.45, 7) is 2.28. The molecule has 1 aliphatic carbocycles. The zero-order valence-electron chi connectivity index (χ0n) is 19.8. The van der Waals surface area contributed by atoms with Crippen molar-refractivity contribution in [2.75, 3.05) is 11.9 Å². The van der Waals surface area contributed by atoms with Crippen molar-refractivity contribution in [3.05, 3.63) is 86.3 Å². The van der Waals surface area contributed by atoms with Crippen LogP contribution in [0.4, 0.5) is 5.00 Å². The number of rotatable bonds is 8. The maximum absolute atomic E-state index is 13.0. The number of anilines is 1. The molecule has 0 bridgehead atoms. The zero-order valence-corrected chi connectivity index (χ0v) is 21.4. The van der Waals surface area contributed by atoms with Crippen LogP contribution in [0.25, 0.3) is 6.08 Å². The largest absolute Gasteiger partial charge is 0.489 e. The summed E-state index contributed by atoms with van der Waals surface area (Å²) in [5, 5.41) is 13.5. The number of esters is 1. The van der Waals surface area contributed by atoms with Crippen molar-refractivity contribution in [2.45, 2.75) is 39.2 Å². The van der Waals surface area contributed by atoms with Crippen LogP contribution in [-0.4, -0.2) is 18.5 Å². The highest BCUT2D eigenvalue weighted by Gasteiger charge is 2.27. The van der Waals surface area contributed by atoms with Gasteiger partial charge in [-0.3, -0.25) is 4.79 Å². The maximum Gasteiger partial charge on any atom is 0.341 e. The van der Waals surface area contributed by atoms with Gasteiger partial charge >= 0.3 is 5.97 Å². The highest BCUT2D eigenvalue weighted by atomic mass is 35.5. The maximum atomic E-state index is 13.0. The summed E-state index contributed by atoms with van der Waals surface area (Å²) >= 11 is 7.58. The molecule has 0 saturated heterocycles. The fraction of sp³-hybridized carbons (Fsp3) is 0.250. The first-order valence-corrected chi connectivity index (χ1v) is 12.9. The van der Waals surface area contributed by atoms with Gasteiger partial charge in [0.05, 0.1) is 12.2 Å². The lowest BCUT2D eigenvalue weighted by Gasteiger charge is -2.12. The molecule has 6 nitrogen and oxygen atoms in total. The Labute approximate surface area is 219 Å². The topological polar surface area (TPSA) is 88.4 Å². The fourth-order valence-electron chi connectivity index (χ4n) is 4.03. The Morgan fingerprint density at radius 2 is 1.97 bits per heavy atom. The molecule has 1 N–H and O–H groups in total. The predicted octanol–water partition coefficient (Wildman–Crippen LogP) is 6.58. The van der Waals surface area contributed by atoms with Crippen molar-refractivity contribution in [1.82, 2.24) is 0 Å². The van der Waals surface area contributed by atoms with Crippen molar-refractivity contribution in [2.24, 2.45) is 0 Å². The molecule has 36 heavy (non-hydrogen) atoms. The number of carbonyl (C=O) groups is 2. The van der Waals surface area contributed by atoms with Crippen molar-refractivity contribution >= 4 is 45.9 Å². The summed E-state index contributed by atoms with van der Waals surface area (Å²) in [5.41, 5.74) is 2.77. The van der Waals surface area contributed by atoms with Gasteiger partial charge in [0.15, 0.2) is 0 Å². The molecular weight excluding hydrogens is 496 g/mol. The second-order valence-electron chi connectivity index (χ2n) is 8.21. The van der Waals surface area contributed by atoms with E-state index in [0.29, 0.717) is 26.9 Å². The molecule has 1 heterocycles. The van der Waals surface area contributed by atoms with Crippen LogP contribution >= 0.6 is 22.9 Å². The van der Waals surface area contributed by atoms with Gasteiger partial charge in [-0.15, -0.1) is 11.3 Å². The number of carbonyl (C=O) groups excluding carboxylic acids is 2. The molecule has 8 heteroatoms. The van der Waals surface area contributed by atoms with E-state index in [0.717, 1.165) is 41.7 Å². The van der Waals surface area contributed by atoms with Gasteiger partial charge in [0.1, 0.15) is 29.0 Å². The van der Waals surface area contributed by atoms with Crippen LogP contribution < -0.4 is 10.1 Å². The minimum Gasteiger partial charge on any atom is -0.489 e. The summed E-state index contributed by atoms with van der Waals surface area (Å²) in [5.74, 6) is -0.445. The van der Waals surface area contributed by atoms with Gasteiger partial charge in [-0.05, 0) is 68.0 Å². The molecule has 4 rings (SSSR count). The Hall–Kier alpha value is -3.60. The average Bonchev–Trinajstić information content (AvgIpc) is 3.25. The van der Waals surface area contributed by atoms with E-state index in [2.05, 4.69) is 5.32 Å². The molecule has 0 radical (unpaired) electrons. The number of nitrogens with one attached hydrogen (secondary N) is 1. The molecule has 0 fully saturated rings. The number of halogens is 1. The van der Waals surface area contributed by atoms with E-state index in [9.17, 15) is 14.9 Å². The SMILES string of the molecule is CCOC(=O)c1c(NC(=O)/C(C#N)=C/c2cccc(OCc3ccccc3Cl)c2)sc2c1CCCC2. The van der Waals surface area contributed by atoms with Crippen molar-refractivity contribution in [3.63, 3.8) is 0 Å². The van der Waals surface area contributed by atoms with Crippen molar-refractivity contribution < 1.29 is 19.1 Å². The Kier molecular flexibility index (Phi) is 8.42. The Bertz CT molecular complexity index is 1360. The first-order chi connectivity index (χ1) is 17.5. The number of aryl methyl sites for hydroxylation is 1. The lowest BCUT2D eigenvalue weighted by molar-refractivity contribution is -0.112. The highest BCUT2D eigenvalue weighted by Crippen LogP contribution is 2.38. The number of amides is 1. The molecule has 0 atom stereocenters. The monoisotopic (exact) mass is 520 g/mol. The van der Waals surface area contributed by atoms with E-state index in [1.807, 2.05) is 24.3 Å². The van der Waals surface area contributed by atoms with E-state index in [-0.39, 0.29) is 18.8 Å². The third-order valence-corrected chi connectivity index (χ3v) is 7.34. The lowest BCUT2D eigenvalue weighted by Crippen LogP contribution is -2.16. The molecule has 0 unspecified atom stereocenters. The minimum absolute atomic E-state index is 0.0839. The molecule has 2 aromatic carbocycles. The summed E-state index contributed by atoms with van der Waals surface area (Å²) < 4.78 is 11.1. The van der Waals surface area contributed by atoms with Gasteiger partial charge in [0.2, 0.25) is 0 Å². The lowest BCUT2D eigenvalue weighted by atomic mass is 9.95. The Morgan fingerprint density at radius 1 is 1.17 bits per heavy atom. The van der Waals surface area contributed by atoms with Gasteiger partial charge in [0, 0.05) is 15.5 Å². The fourth-order valence-corrected chi connectivity index (χ4v) is 5.49. The average molecular weight is 521 g/mol. The molecule has 1 aliphatic rings. The van der Waals surface area contributed by atoms with Crippen LogP contribution in [0, 0.1) is 11.3 Å². The number of hydrogen-bond donors (Lipinski definition) is 1. The van der Waals surface area contributed by atoms with Gasteiger partial charge in [-0.25, -0.2) is 4.79 Å². The van der Waals surface area contributed by atoms with Crippen LogP contribution in [0.5, 0.6) is 5.75 Å². The van der Waals surface area contributed by atoms with Gasteiger partial charge in [-0.1, -0.05) is 41.9 Å². The number of benzene rings is 2. The molecule has 0 aliphatic heterocycles. The molecule has 0 spiro atoms. The van der Waals surface area contributed by atoms with Gasteiger partial charge in [0.25, 0.3) is 5.91 Å². The van der Waals surface area contributed by atoms with E-state index in [4.69, 9.17) is 21.1 Å². The molecule has 0 saturated carbocycles. The quantitative estimate of drug-likeness (QED) is 0.206. The number of nitrogens with zero attached hydrogens (tertiary/aromatic N) is 1. The van der Waals surface area contributed by atoms with E-state index in [1.54, 1.807) is 37.3 Å². The van der Waals surface area contributed by atoms with Gasteiger partial charge < -0.3 is 14.8 Å². The Morgan fingerprint density at radius 3 is 2.75 bits per heavy atom. The summed E-state index contributed by atoms with van der Waals surface area (Å²) in [6, 6.07) is 16.5. The predicted molar refractivity (Wildman–Crippen MR) is 141 cm³/mol. The van der Waals surface area contributed by atoms with Crippen LogP contribution in [0.1, 0.15) is 51.7 Å². The molecule has 3 aromatic rings. The molecule has 1 amide bonds. The molecule has 184 valence electrons. The van der Waals surface area contributed by atoms with Crippen LogP contribution in [-0.2, 0) is 29.0 Å².